The van der Waals surface area contributed by atoms with Gasteiger partial charge < -0.3 is 28.8 Å². The number of hydrogen-bond donors (Lipinski definition) is 1. The quantitative estimate of drug-likeness (QED) is 0.716. The Labute approximate surface area is 106 Å². The molecule has 104 valence electrons. The molecule has 0 bridgehead atoms. The van der Waals surface area contributed by atoms with Gasteiger partial charge in [0.05, 0.1) is 6.61 Å². The minimum atomic E-state index is -0.908. The maximum atomic E-state index is 11.1. The summed E-state index contributed by atoms with van der Waals surface area (Å²) < 4.78 is 22.5. The molecule has 0 aromatic rings. The molecular formula is C12H20O6. The molecule has 2 fully saturated rings. The summed E-state index contributed by atoms with van der Waals surface area (Å²) in [4.78, 5) is 11.1. The Kier molecular flexibility index (Phi) is 3.50. The van der Waals surface area contributed by atoms with Gasteiger partial charge in [-0.2, -0.15) is 0 Å². The molecule has 6 nitrogen and oxygen atoms in total. The molecule has 2 saturated heterocycles. The molecule has 0 radical (unpaired) electrons. The Bertz CT molecular complexity index is 327. The van der Waals surface area contributed by atoms with Gasteiger partial charge in [-0.3, -0.25) is 0 Å². The molecule has 0 aromatic carbocycles. The first-order valence-electron chi connectivity index (χ1n) is 6.05. The van der Waals surface area contributed by atoms with Crippen molar-refractivity contribution in [1.82, 2.24) is 0 Å². The molecule has 4 unspecified atom stereocenters. The van der Waals surface area contributed by atoms with Crippen LogP contribution in [0.1, 0.15) is 27.7 Å². The van der Waals surface area contributed by atoms with Crippen molar-refractivity contribution in [2.24, 2.45) is 0 Å². The fraction of sp³-hybridized carbons (Fsp3) is 0.917. The lowest BCUT2D eigenvalue weighted by atomic mass is 9.98. The first kappa shape index (κ1) is 13.9. The van der Waals surface area contributed by atoms with E-state index in [0.717, 1.165) is 0 Å². The predicted octanol–water partition coefficient (Wildman–Crippen LogP) is 0.218. The Morgan fingerprint density at radius 2 is 1.56 bits per heavy atom. The number of rotatable bonds is 2. The molecule has 2 rings (SSSR count). The molecule has 0 saturated carbocycles. The summed E-state index contributed by atoms with van der Waals surface area (Å²) in [7, 11) is 0. The zero-order valence-electron chi connectivity index (χ0n) is 11.1. The molecule has 18 heavy (non-hydrogen) atoms. The van der Waals surface area contributed by atoms with Gasteiger partial charge in [-0.15, -0.1) is 0 Å². The normalized spacial score (nSPS) is 42.1. The first-order chi connectivity index (χ1) is 8.28. The lowest BCUT2D eigenvalue weighted by Gasteiger charge is -2.52. The number of carbonyl (C=O) groups excluding carboxylic acids is 1. The topological polar surface area (TPSA) is 74.2 Å². The van der Waals surface area contributed by atoms with Crippen LogP contribution in [0.4, 0.5) is 0 Å². The number of fused-ring (bicyclic) bond motifs is 1. The summed E-state index contributed by atoms with van der Waals surface area (Å²) in [5, 5.41) is 9.40. The van der Waals surface area contributed by atoms with E-state index in [2.05, 4.69) is 0 Å². The second-order valence-corrected chi connectivity index (χ2v) is 5.52. The van der Waals surface area contributed by atoms with E-state index in [9.17, 15) is 9.90 Å². The number of carbonyl (C=O) groups is 1. The van der Waals surface area contributed by atoms with Crippen LogP contribution in [0.5, 0.6) is 0 Å². The van der Waals surface area contributed by atoms with Crippen molar-refractivity contribution in [3.05, 3.63) is 0 Å². The fourth-order valence-electron chi connectivity index (χ4n) is 2.46. The van der Waals surface area contributed by atoms with Gasteiger partial charge in [0.2, 0.25) is 0 Å². The lowest BCUT2D eigenvalue weighted by molar-refractivity contribution is -0.418. The maximum Gasteiger partial charge on any atom is 0.164 e. The second kappa shape index (κ2) is 4.54. The molecule has 2 aliphatic rings. The molecule has 2 heterocycles. The predicted molar refractivity (Wildman–Crippen MR) is 60.8 cm³/mol. The standard InChI is InChI=1S/C12H20O6/c1-11(2)15-7(5-13)10-9(17-11)8(6-14)16-12(3,4)18-10/h5,7-10,14H,6H2,1-4H3. The Morgan fingerprint density at radius 1 is 1.00 bits per heavy atom. The first-order valence-corrected chi connectivity index (χ1v) is 6.05. The van der Waals surface area contributed by atoms with Crippen molar-refractivity contribution in [1.29, 1.82) is 0 Å². The SMILES string of the molecule is CC1(C)OC(CO)C2OC(C)(C)OC(C=O)C2O1. The molecule has 1 N–H and O–H groups in total. The van der Waals surface area contributed by atoms with E-state index in [1.54, 1.807) is 27.7 Å². The average Bonchev–Trinajstić information content (AvgIpc) is 2.26. The van der Waals surface area contributed by atoms with Gasteiger partial charge in [0.1, 0.15) is 24.4 Å². The van der Waals surface area contributed by atoms with E-state index in [4.69, 9.17) is 18.9 Å². The van der Waals surface area contributed by atoms with Crippen molar-refractivity contribution < 1.29 is 28.8 Å². The van der Waals surface area contributed by atoms with Crippen molar-refractivity contribution in [3.63, 3.8) is 0 Å². The van der Waals surface area contributed by atoms with Crippen LogP contribution in [-0.2, 0) is 23.7 Å². The van der Waals surface area contributed by atoms with Crippen LogP contribution in [-0.4, -0.2) is 54.0 Å². The highest BCUT2D eigenvalue weighted by atomic mass is 16.8. The highest BCUT2D eigenvalue weighted by Crippen LogP contribution is 2.37. The molecule has 6 heteroatoms. The Morgan fingerprint density at radius 3 is 2.11 bits per heavy atom. The van der Waals surface area contributed by atoms with Crippen LogP contribution in [0.2, 0.25) is 0 Å². The molecule has 0 aliphatic carbocycles. The van der Waals surface area contributed by atoms with Crippen LogP contribution < -0.4 is 0 Å². The molecule has 4 atom stereocenters. The van der Waals surface area contributed by atoms with Gasteiger partial charge in [-0.25, -0.2) is 0 Å². The monoisotopic (exact) mass is 260 g/mol. The number of ether oxygens (including phenoxy) is 4. The van der Waals surface area contributed by atoms with Crippen LogP contribution in [0.15, 0.2) is 0 Å². The minimum absolute atomic E-state index is 0.199. The largest absolute Gasteiger partial charge is 0.394 e. The van der Waals surface area contributed by atoms with Crippen LogP contribution >= 0.6 is 0 Å². The van der Waals surface area contributed by atoms with Crippen molar-refractivity contribution in [2.45, 2.75) is 63.7 Å². The summed E-state index contributed by atoms with van der Waals surface area (Å²) in [6.07, 6.45) is -1.66. The highest BCUT2D eigenvalue weighted by Gasteiger charge is 2.53. The molecule has 0 amide bonds. The molecular weight excluding hydrogens is 240 g/mol. The molecule has 0 aromatic heterocycles. The number of aliphatic hydroxyl groups is 1. The van der Waals surface area contributed by atoms with Gasteiger partial charge in [0.25, 0.3) is 0 Å². The fourth-order valence-corrected chi connectivity index (χ4v) is 2.46. The van der Waals surface area contributed by atoms with Gasteiger partial charge in [-0.1, -0.05) is 0 Å². The average molecular weight is 260 g/mol. The van der Waals surface area contributed by atoms with E-state index in [-0.39, 0.29) is 6.61 Å². The smallest absolute Gasteiger partial charge is 0.164 e. The van der Waals surface area contributed by atoms with Gasteiger partial charge in [0.15, 0.2) is 17.9 Å². The number of hydrogen-bond acceptors (Lipinski definition) is 6. The van der Waals surface area contributed by atoms with E-state index in [0.29, 0.717) is 6.29 Å². The Hall–Kier alpha value is -0.530. The van der Waals surface area contributed by atoms with Gasteiger partial charge >= 0.3 is 0 Å². The van der Waals surface area contributed by atoms with E-state index in [1.165, 1.54) is 0 Å². The third-order valence-electron chi connectivity index (χ3n) is 3.02. The van der Waals surface area contributed by atoms with Crippen molar-refractivity contribution in [2.75, 3.05) is 6.61 Å². The van der Waals surface area contributed by atoms with Crippen LogP contribution in [0.3, 0.4) is 0 Å². The number of aliphatic hydroxyl groups excluding tert-OH is 1. The molecule has 0 spiro atoms. The van der Waals surface area contributed by atoms with Crippen LogP contribution in [0.25, 0.3) is 0 Å². The highest BCUT2D eigenvalue weighted by molar-refractivity contribution is 5.57. The minimum Gasteiger partial charge on any atom is -0.394 e. The summed E-state index contributed by atoms with van der Waals surface area (Å²) in [5.41, 5.74) is 0. The van der Waals surface area contributed by atoms with Crippen molar-refractivity contribution in [3.8, 4) is 0 Å². The summed E-state index contributed by atoms with van der Waals surface area (Å²) in [6.45, 7) is 6.69. The maximum absolute atomic E-state index is 11.1. The van der Waals surface area contributed by atoms with E-state index in [1.807, 2.05) is 0 Å². The zero-order chi connectivity index (χ0) is 13.6. The summed E-state index contributed by atoms with van der Waals surface area (Å²) >= 11 is 0. The third kappa shape index (κ3) is 2.57. The molecule has 2 aliphatic heterocycles. The van der Waals surface area contributed by atoms with Crippen molar-refractivity contribution >= 4 is 6.29 Å². The van der Waals surface area contributed by atoms with Gasteiger partial charge in [-0.05, 0) is 27.7 Å². The van der Waals surface area contributed by atoms with E-state index < -0.39 is 36.0 Å². The number of aldehydes is 1. The van der Waals surface area contributed by atoms with Gasteiger partial charge in [0, 0.05) is 0 Å². The third-order valence-corrected chi connectivity index (χ3v) is 3.02. The summed E-state index contributed by atoms with van der Waals surface area (Å²) in [5.74, 6) is -1.79. The zero-order valence-corrected chi connectivity index (χ0v) is 11.1. The van der Waals surface area contributed by atoms with E-state index >= 15 is 0 Å². The summed E-state index contributed by atoms with van der Waals surface area (Å²) in [6, 6.07) is 0. The Balaban J connectivity index is 2.27. The van der Waals surface area contributed by atoms with Crippen LogP contribution in [0, 0.1) is 0 Å². The second-order valence-electron chi connectivity index (χ2n) is 5.52. The lowest BCUT2D eigenvalue weighted by Crippen LogP contribution is -2.66.